The fraction of sp³-hybridized carbons (Fsp3) is 0.438. The van der Waals surface area contributed by atoms with Crippen molar-refractivity contribution >= 4 is 12.0 Å². The number of aliphatic hydroxyl groups is 1. The van der Waals surface area contributed by atoms with Crippen LogP contribution in [0.2, 0.25) is 0 Å². The van der Waals surface area contributed by atoms with Gasteiger partial charge in [-0.1, -0.05) is 6.08 Å². The summed E-state index contributed by atoms with van der Waals surface area (Å²) in [5.41, 5.74) is 3.08. The van der Waals surface area contributed by atoms with Crippen LogP contribution in [-0.4, -0.2) is 23.3 Å². The third kappa shape index (κ3) is 2.10. The lowest BCUT2D eigenvalue weighted by atomic mass is 9.92. The summed E-state index contributed by atoms with van der Waals surface area (Å²) in [5.74, 6) is 0.550. The van der Waals surface area contributed by atoms with E-state index in [1.807, 2.05) is 32.1 Å². The van der Waals surface area contributed by atoms with Crippen LogP contribution in [0.25, 0.3) is 6.08 Å². The van der Waals surface area contributed by atoms with Gasteiger partial charge in [0.25, 0.3) is 0 Å². The van der Waals surface area contributed by atoms with E-state index < -0.39 is 0 Å². The van der Waals surface area contributed by atoms with E-state index in [1.54, 1.807) is 0 Å². The van der Waals surface area contributed by atoms with Gasteiger partial charge in [-0.05, 0) is 38.8 Å². The summed E-state index contributed by atoms with van der Waals surface area (Å²) in [7, 11) is 0. The van der Waals surface area contributed by atoms with E-state index in [0.29, 0.717) is 25.0 Å². The molecule has 0 fully saturated rings. The van der Waals surface area contributed by atoms with E-state index in [-0.39, 0.29) is 18.2 Å². The molecule has 1 aromatic carbocycles. The van der Waals surface area contributed by atoms with Crippen molar-refractivity contribution in [3.63, 3.8) is 0 Å². The third-order valence-electron chi connectivity index (χ3n) is 3.71. The number of rotatable bonds is 3. The van der Waals surface area contributed by atoms with Gasteiger partial charge in [-0.15, -0.1) is 0 Å². The highest BCUT2D eigenvalue weighted by molar-refractivity contribution is 5.95. The molecule has 3 rings (SSSR count). The fourth-order valence-corrected chi connectivity index (χ4v) is 2.70. The maximum atomic E-state index is 11.8. The van der Waals surface area contributed by atoms with E-state index in [4.69, 9.17) is 14.6 Å². The molecule has 0 aliphatic carbocycles. The average Bonchev–Trinajstić information content (AvgIpc) is 2.76. The number of carbonyl (C=O) groups is 1. The topological polar surface area (TPSA) is 55.8 Å². The SMILES string of the molecule is CC1(C)C=Cc2cc3c(c(CCCO)c2O1)COC3=O. The van der Waals surface area contributed by atoms with Crippen molar-refractivity contribution in [3.8, 4) is 5.75 Å². The van der Waals surface area contributed by atoms with E-state index >= 15 is 0 Å². The summed E-state index contributed by atoms with van der Waals surface area (Å²) in [4.78, 5) is 11.8. The lowest BCUT2D eigenvalue weighted by Crippen LogP contribution is -2.28. The Balaban J connectivity index is 2.15. The van der Waals surface area contributed by atoms with Gasteiger partial charge in [-0.3, -0.25) is 0 Å². The molecule has 0 atom stereocenters. The number of aliphatic hydroxyl groups excluding tert-OH is 1. The Hall–Kier alpha value is -1.81. The lowest BCUT2D eigenvalue weighted by Gasteiger charge is -2.30. The smallest absolute Gasteiger partial charge is 0.338 e. The van der Waals surface area contributed by atoms with Crippen LogP contribution in [-0.2, 0) is 17.8 Å². The van der Waals surface area contributed by atoms with Gasteiger partial charge >= 0.3 is 5.97 Å². The summed E-state index contributed by atoms with van der Waals surface area (Å²) >= 11 is 0. The van der Waals surface area contributed by atoms with E-state index in [9.17, 15) is 4.79 Å². The molecular weight excluding hydrogens is 256 g/mol. The second-order valence-corrected chi connectivity index (χ2v) is 5.74. The molecule has 0 spiro atoms. The number of hydrogen-bond acceptors (Lipinski definition) is 4. The second kappa shape index (κ2) is 4.63. The maximum Gasteiger partial charge on any atom is 0.338 e. The Morgan fingerprint density at radius 1 is 1.40 bits per heavy atom. The van der Waals surface area contributed by atoms with Crippen LogP contribution in [0.1, 0.15) is 47.3 Å². The molecule has 2 aliphatic rings. The quantitative estimate of drug-likeness (QED) is 0.860. The molecule has 1 aromatic rings. The van der Waals surface area contributed by atoms with E-state index in [0.717, 1.165) is 22.4 Å². The molecule has 0 saturated carbocycles. The van der Waals surface area contributed by atoms with Gasteiger partial charge in [-0.25, -0.2) is 4.79 Å². The van der Waals surface area contributed by atoms with E-state index in [2.05, 4.69) is 0 Å². The highest BCUT2D eigenvalue weighted by Gasteiger charge is 2.31. The molecule has 0 saturated heterocycles. The Bertz CT molecular complexity index is 599. The van der Waals surface area contributed by atoms with Gasteiger partial charge in [-0.2, -0.15) is 0 Å². The molecule has 0 radical (unpaired) electrons. The predicted molar refractivity (Wildman–Crippen MR) is 74.7 cm³/mol. The van der Waals surface area contributed by atoms with Gasteiger partial charge in [0.1, 0.15) is 18.0 Å². The summed E-state index contributed by atoms with van der Waals surface area (Å²) in [6, 6.07) is 1.84. The number of fused-ring (bicyclic) bond motifs is 2. The summed E-state index contributed by atoms with van der Waals surface area (Å²) < 4.78 is 11.2. The number of hydrogen-bond donors (Lipinski definition) is 1. The van der Waals surface area contributed by atoms with Crippen LogP contribution in [0.5, 0.6) is 5.75 Å². The van der Waals surface area contributed by atoms with Crippen molar-refractivity contribution in [2.45, 2.75) is 38.9 Å². The second-order valence-electron chi connectivity index (χ2n) is 5.74. The Labute approximate surface area is 118 Å². The number of cyclic esters (lactones) is 1. The molecule has 2 aliphatic heterocycles. The van der Waals surface area contributed by atoms with Crippen LogP contribution in [0.15, 0.2) is 12.1 Å². The lowest BCUT2D eigenvalue weighted by molar-refractivity contribution is 0.0534. The van der Waals surface area contributed by atoms with Crippen molar-refractivity contribution < 1.29 is 19.4 Å². The highest BCUT2D eigenvalue weighted by Crippen LogP contribution is 2.40. The van der Waals surface area contributed by atoms with Crippen LogP contribution in [0.3, 0.4) is 0 Å². The highest BCUT2D eigenvalue weighted by atomic mass is 16.5. The van der Waals surface area contributed by atoms with Crippen LogP contribution in [0.4, 0.5) is 0 Å². The van der Waals surface area contributed by atoms with Crippen LogP contribution in [0, 0.1) is 0 Å². The Morgan fingerprint density at radius 2 is 2.20 bits per heavy atom. The molecule has 0 unspecified atom stereocenters. The first-order valence-corrected chi connectivity index (χ1v) is 6.87. The minimum absolute atomic E-state index is 0.118. The Morgan fingerprint density at radius 3 is 2.95 bits per heavy atom. The summed E-state index contributed by atoms with van der Waals surface area (Å²) in [6.45, 7) is 4.41. The van der Waals surface area contributed by atoms with Crippen molar-refractivity contribution in [1.29, 1.82) is 0 Å². The minimum atomic E-state index is -0.362. The molecule has 0 bridgehead atoms. The summed E-state index contributed by atoms with van der Waals surface area (Å²) in [5, 5.41) is 9.08. The minimum Gasteiger partial charge on any atom is -0.483 e. The number of benzene rings is 1. The van der Waals surface area contributed by atoms with Crippen LogP contribution < -0.4 is 4.74 Å². The fourth-order valence-electron chi connectivity index (χ4n) is 2.70. The zero-order valence-corrected chi connectivity index (χ0v) is 11.7. The number of carbonyl (C=O) groups excluding carboxylic acids is 1. The predicted octanol–water partition coefficient (Wildman–Crippen LogP) is 2.47. The molecule has 0 aromatic heterocycles. The van der Waals surface area contributed by atoms with Gasteiger partial charge < -0.3 is 14.6 Å². The van der Waals surface area contributed by atoms with Crippen molar-refractivity contribution in [3.05, 3.63) is 34.4 Å². The Kier molecular flexibility index (Phi) is 3.05. The van der Waals surface area contributed by atoms with Crippen molar-refractivity contribution in [2.24, 2.45) is 0 Å². The number of esters is 1. The van der Waals surface area contributed by atoms with Crippen molar-refractivity contribution in [1.82, 2.24) is 0 Å². The first-order chi connectivity index (χ1) is 9.52. The molecule has 4 nitrogen and oxygen atoms in total. The zero-order valence-electron chi connectivity index (χ0n) is 11.7. The normalized spacial score (nSPS) is 18.2. The first kappa shape index (κ1) is 13.2. The third-order valence-corrected chi connectivity index (χ3v) is 3.71. The molecule has 0 amide bonds. The maximum absolute atomic E-state index is 11.8. The van der Waals surface area contributed by atoms with Gasteiger partial charge in [0.05, 0.1) is 5.56 Å². The van der Waals surface area contributed by atoms with Crippen molar-refractivity contribution in [2.75, 3.05) is 6.61 Å². The molecular formula is C16H18O4. The summed E-state index contributed by atoms with van der Waals surface area (Å²) in [6.07, 6.45) is 5.30. The monoisotopic (exact) mass is 274 g/mol. The van der Waals surface area contributed by atoms with Gasteiger partial charge in [0.2, 0.25) is 0 Å². The standard InChI is InChI=1S/C16H18O4/c1-16(2)6-5-10-8-12-13(9-19-15(12)18)11(4-3-7-17)14(10)20-16/h5-6,8,17H,3-4,7,9H2,1-2H3. The first-order valence-electron chi connectivity index (χ1n) is 6.87. The van der Waals surface area contributed by atoms with Gasteiger partial charge in [0.15, 0.2) is 0 Å². The van der Waals surface area contributed by atoms with Crippen LogP contribution >= 0.6 is 0 Å². The molecule has 1 N–H and O–H groups in total. The average molecular weight is 274 g/mol. The number of ether oxygens (including phenoxy) is 2. The van der Waals surface area contributed by atoms with E-state index in [1.165, 1.54) is 0 Å². The molecule has 20 heavy (non-hydrogen) atoms. The molecule has 106 valence electrons. The molecule has 4 heteroatoms. The molecule has 2 heterocycles. The zero-order chi connectivity index (χ0) is 14.3. The van der Waals surface area contributed by atoms with Gasteiger partial charge in [0, 0.05) is 23.3 Å². The largest absolute Gasteiger partial charge is 0.483 e.